The maximum atomic E-state index is 12.3. The first kappa shape index (κ1) is 15.4. The fourth-order valence-corrected chi connectivity index (χ4v) is 3.16. The molecule has 0 fully saturated rings. The Morgan fingerprint density at radius 3 is 2.76 bits per heavy atom. The van der Waals surface area contributed by atoms with Crippen molar-refractivity contribution in [3.8, 4) is 0 Å². The highest BCUT2D eigenvalue weighted by Crippen LogP contribution is 2.29. The molecule has 2 heterocycles. The van der Waals surface area contributed by atoms with Crippen molar-refractivity contribution in [3.05, 3.63) is 36.2 Å². The van der Waals surface area contributed by atoms with Gasteiger partial charge in [0.25, 0.3) is 0 Å². The van der Waals surface area contributed by atoms with Crippen molar-refractivity contribution >= 4 is 16.1 Å². The Balaban J connectivity index is 2.57. The minimum atomic E-state index is -4.05. The van der Waals surface area contributed by atoms with Crippen molar-refractivity contribution in [2.24, 2.45) is 16.5 Å². The lowest BCUT2D eigenvalue weighted by Gasteiger charge is -2.26. The van der Waals surface area contributed by atoms with Crippen LogP contribution in [0, 0.1) is 0 Å². The van der Waals surface area contributed by atoms with Gasteiger partial charge in [-0.1, -0.05) is 6.07 Å². The van der Waals surface area contributed by atoms with Gasteiger partial charge in [0.1, 0.15) is 0 Å². The number of hydrogen-bond acceptors (Lipinski definition) is 8. The molecule has 0 saturated carbocycles. The third-order valence-corrected chi connectivity index (χ3v) is 4.07. The zero-order valence-electron chi connectivity index (χ0n) is 11.6. The van der Waals surface area contributed by atoms with Crippen LogP contribution in [-0.4, -0.2) is 25.5 Å². The molecule has 0 aromatic carbocycles. The van der Waals surface area contributed by atoms with E-state index in [4.69, 9.17) is 15.7 Å². The lowest BCUT2D eigenvalue weighted by Crippen LogP contribution is -2.43. The summed E-state index contributed by atoms with van der Waals surface area (Å²) >= 11 is 0. The molecule has 1 aliphatic rings. The van der Waals surface area contributed by atoms with Gasteiger partial charge in [-0.05, 0) is 26.0 Å². The molecule has 0 radical (unpaired) electrons. The molecule has 114 valence electrons. The molecule has 1 aliphatic heterocycles. The van der Waals surface area contributed by atoms with Gasteiger partial charge < -0.3 is 11.1 Å². The Labute approximate surface area is 123 Å². The second-order valence-corrected chi connectivity index (χ2v) is 6.24. The van der Waals surface area contributed by atoms with Crippen molar-refractivity contribution in [3.63, 3.8) is 0 Å². The van der Waals surface area contributed by atoms with E-state index in [0.29, 0.717) is 0 Å². The molecule has 9 heteroatoms. The number of pyridine rings is 1. The molecule has 0 saturated heterocycles. The maximum absolute atomic E-state index is 12.3. The highest BCUT2D eigenvalue weighted by Gasteiger charge is 2.34. The van der Waals surface area contributed by atoms with Crippen LogP contribution in [0.2, 0.25) is 0 Å². The average molecular weight is 311 g/mol. The van der Waals surface area contributed by atoms with E-state index < -0.39 is 21.9 Å². The molecular weight excluding hydrogens is 294 g/mol. The summed E-state index contributed by atoms with van der Waals surface area (Å²) < 4.78 is 29.5. The first-order valence-corrected chi connectivity index (χ1v) is 7.63. The Kier molecular flexibility index (Phi) is 3.99. The number of rotatable bonds is 4. The van der Waals surface area contributed by atoms with Gasteiger partial charge in [0.05, 0.1) is 6.10 Å². The summed E-state index contributed by atoms with van der Waals surface area (Å²) in [4.78, 5) is 7.94. The smallest absolute Gasteiger partial charge is 0.315 e. The van der Waals surface area contributed by atoms with Crippen LogP contribution in [-0.2, 0) is 20.0 Å². The molecule has 1 atom stereocenters. The fraction of sp³-hybridized carbons (Fsp3) is 0.333. The molecule has 1 aromatic rings. The van der Waals surface area contributed by atoms with E-state index in [2.05, 4.69) is 15.3 Å². The van der Waals surface area contributed by atoms with Gasteiger partial charge >= 0.3 is 10.1 Å². The number of guanidine groups is 1. The third-order valence-electron chi connectivity index (χ3n) is 2.63. The lowest BCUT2D eigenvalue weighted by molar-refractivity contribution is 0.247. The predicted octanol–water partition coefficient (Wildman–Crippen LogP) is -0.262. The number of aliphatic imine (C=N–C) groups is 1. The molecule has 21 heavy (non-hydrogen) atoms. The Morgan fingerprint density at radius 2 is 2.14 bits per heavy atom. The van der Waals surface area contributed by atoms with Gasteiger partial charge in [0, 0.05) is 18.0 Å². The van der Waals surface area contributed by atoms with Crippen LogP contribution >= 0.6 is 0 Å². The molecular formula is C12H17N5O3S. The van der Waals surface area contributed by atoms with Gasteiger partial charge in [-0.25, -0.2) is 9.98 Å². The number of nitrogens with zero attached hydrogens (tertiary/aromatic N) is 2. The summed E-state index contributed by atoms with van der Waals surface area (Å²) in [5.41, 5.74) is 10.5. The van der Waals surface area contributed by atoms with E-state index in [1.165, 1.54) is 24.5 Å². The minimum Gasteiger partial charge on any atom is -0.370 e. The highest BCUT2D eigenvalue weighted by atomic mass is 32.2. The topological polar surface area (TPSA) is 133 Å². The predicted molar refractivity (Wildman–Crippen MR) is 77.4 cm³/mol. The molecule has 0 amide bonds. The summed E-state index contributed by atoms with van der Waals surface area (Å²) in [5, 5.41) is 2.39. The normalized spacial score (nSPS) is 22.0. The summed E-state index contributed by atoms with van der Waals surface area (Å²) in [5.74, 6) is 0.0805. The summed E-state index contributed by atoms with van der Waals surface area (Å²) in [6.45, 7) is 3.22. The summed E-state index contributed by atoms with van der Waals surface area (Å²) in [6, 6.07) is 3.09. The Bertz CT molecular complexity index is 699. The molecule has 2 rings (SSSR count). The zero-order chi connectivity index (χ0) is 15.7. The van der Waals surface area contributed by atoms with E-state index in [1.807, 2.05) is 0 Å². The largest absolute Gasteiger partial charge is 0.370 e. The van der Waals surface area contributed by atoms with Crippen molar-refractivity contribution in [2.75, 3.05) is 0 Å². The number of nitrogens with one attached hydrogen (secondary N) is 1. The van der Waals surface area contributed by atoms with Crippen molar-refractivity contribution < 1.29 is 12.6 Å². The molecule has 0 bridgehead atoms. The van der Waals surface area contributed by atoms with Gasteiger partial charge in [-0.2, -0.15) is 8.42 Å². The van der Waals surface area contributed by atoms with Gasteiger partial charge in [-0.3, -0.25) is 9.92 Å². The lowest BCUT2D eigenvalue weighted by atomic mass is 10.0. The first-order chi connectivity index (χ1) is 9.74. The molecule has 1 aromatic heterocycles. The summed E-state index contributed by atoms with van der Waals surface area (Å²) in [7, 11) is -4.05. The third kappa shape index (κ3) is 3.20. The Hall–Kier alpha value is -1.97. The van der Waals surface area contributed by atoms with Crippen LogP contribution in [0.25, 0.3) is 0 Å². The molecule has 1 unspecified atom stereocenters. The quantitative estimate of drug-likeness (QED) is 0.652. The van der Waals surface area contributed by atoms with E-state index in [9.17, 15) is 8.42 Å². The number of hydrogen-bond donors (Lipinski definition) is 3. The monoisotopic (exact) mass is 311 g/mol. The highest BCUT2D eigenvalue weighted by molar-refractivity contribution is 7.86. The number of nitrogens with two attached hydrogens (primary N) is 2. The standard InChI is InChI=1S/C12H17N5O3S/c1-8(2)20-21(18,19)10-9(4-3-6-15-10)12(14)5-7-16-11(13)17-12/h3-8H,14H2,1-2H3,(H3,13,16,17). The second-order valence-electron chi connectivity index (χ2n) is 4.76. The van der Waals surface area contributed by atoms with E-state index in [1.54, 1.807) is 19.9 Å². The SMILES string of the molecule is CC(C)OS(=O)(=O)c1ncccc1C1(N)C=CNC(N)=N1. The van der Waals surface area contributed by atoms with Gasteiger partial charge in [0.15, 0.2) is 16.6 Å². The Morgan fingerprint density at radius 1 is 1.43 bits per heavy atom. The molecule has 5 N–H and O–H groups in total. The van der Waals surface area contributed by atoms with Crippen LogP contribution < -0.4 is 16.8 Å². The van der Waals surface area contributed by atoms with E-state index >= 15 is 0 Å². The average Bonchev–Trinajstić information content (AvgIpc) is 2.37. The van der Waals surface area contributed by atoms with Crippen LogP contribution in [0.5, 0.6) is 0 Å². The van der Waals surface area contributed by atoms with Gasteiger partial charge in [-0.15, -0.1) is 0 Å². The van der Waals surface area contributed by atoms with Crippen LogP contribution in [0.3, 0.4) is 0 Å². The summed E-state index contributed by atoms with van der Waals surface area (Å²) in [6.07, 6.45) is 3.82. The van der Waals surface area contributed by atoms with Crippen molar-refractivity contribution in [2.45, 2.75) is 30.6 Å². The fourth-order valence-electron chi connectivity index (χ4n) is 1.87. The van der Waals surface area contributed by atoms with Crippen LogP contribution in [0.1, 0.15) is 19.4 Å². The van der Waals surface area contributed by atoms with E-state index in [-0.39, 0.29) is 16.5 Å². The molecule has 0 spiro atoms. The minimum absolute atomic E-state index is 0.0805. The van der Waals surface area contributed by atoms with Crippen LogP contribution in [0.4, 0.5) is 0 Å². The van der Waals surface area contributed by atoms with Gasteiger partial charge in [0.2, 0.25) is 0 Å². The maximum Gasteiger partial charge on any atom is 0.315 e. The molecule has 0 aliphatic carbocycles. The number of aromatic nitrogens is 1. The first-order valence-electron chi connectivity index (χ1n) is 6.22. The van der Waals surface area contributed by atoms with E-state index in [0.717, 1.165) is 0 Å². The zero-order valence-corrected chi connectivity index (χ0v) is 12.5. The second kappa shape index (κ2) is 5.43. The molecule has 8 nitrogen and oxygen atoms in total. The van der Waals surface area contributed by atoms with Crippen molar-refractivity contribution in [1.29, 1.82) is 0 Å². The van der Waals surface area contributed by atoms with Crippen LogP contribution in [0.15, 0.2) is 40.6 Å². The van der Waals surface area contributed by atoms with Crippen molar-refractivity contribution in [1.82, 2.24) is 10.3 Å².